The van der Waals surface area contributed by atoms with Gasteiger partial charge in [-0.2, -0.15) is 0 Å². The van der Waals surface area contributed by atoms with E-state index < -0.39 is 9.84 Å². The summed E-state index contributed by atoms with van der Waals surface area (Å²) in [5.74, 6) is 0.667. The van der Waals surface area contributed by atoms with Gasteiger partial charge >= 0.3 is 0 Å². The summed E-state index contributed by atoms with van der Waals surface area (Å²) in [4.78, 5) is 4.20. The minimum atomic E-state index is -3.29. The van der Waals surface area contributed by atoms with Gasteiger partial charge in [0.1, 0.15) is 12.4 Å². The fourth-order valence-electron chi connectivity index (χ4n) is 2.73. The maximum Gasteiger partial charge on any atom is 0.210 e. The van der Waals surface area contributed by atoms with Gasteiger partial charge in [-0.1, -0.05) is 54.6 Å². The second kappa shape index (κ2) is 7.13. The first-order valence-electron chi connectivity index (χ1n) is 8.37. The minimum absolute atomic E-state index is 0.131. The fourth-order valence-corrected chi connectivity index (χ4v) is 4.54. The molecule has 0 bridgehead atoms. The molecule has 0 fully saturated rings. The molecule has 6 heteroatoms. The number of aromatic nitrogens is 1. The molecule has 27 heavy (non-hydrogen) atoms. The molecule has 136 valence electrons. The zero-order valence-corrected chi connectivity index (χ0v) is 16.3. The predicted octanol–water partition coefficient (Wildman–Crippen LogP) is 4.95. The summed E-state index contributed by atoms with van der Waals surface area (Å²) in [6.07, 6.45) is 1.17. The first-order valence-corrected chi connectivity index (χ1v) is 11.1. The number of hydrogen-bond acceptors (Lipinski definition) is 5. The van der Waals surface area contributed by atoms with Crippen molar-refractivity contribution in [2.75, 3.05) is 6.26 Å². The van der Waals surface area contributed by atoms with Crippen LogP contribution in [0.25, 0.3) is 21.3 Å². The van der Waals surface area contributed by atoms with E-state index in [9.17, 15) is 8.42 Å². The van der Waals surface area contributed by atoms with Crippen LogP contribution >= 0.6 is 11.3 Å². The summed E-state index contributed by atoms with van der Waals surface area (Å²) >= 11 is 1.17. The van der Waals surface area contributed by atoms with E-state index in [1.54, 1.807) is 6.07 Å². The average molecular weight is 396 g/mol. The summed E-state index contributed by atoms with van der Waals surface area (Å²) in [5, 5.41) is 0. The molecule has 0 aliphatic rings. The highest BCUT2D eigenvalue weighted by Crippen LogP contribution is 2.29. The van der Waals surface area contributed by atoms with Crippen LogP contribution < -0.4 is 4.74 Å². The number of rotatable bonds is 5. The number of ether oxygens (including phenoxy) is 1. The third-order valence-corrected chi connectivity index (χ3v) is 6.84. The molecular weight excluding hydrogens is 378 g/mol. The molecule has 0 saturated carbocycles. The second-order valence-corrected chi connectivity index (χ2v) is 9.45. The van der Waals surface area contributed by atoms with Gasteiger partial charge in [-0.15, -0.1) is 11.3 Å². The lowest BCUT2D eigenvalue weighted by atomic mass is 10.0. The second-order valence-electron chi connectivity index (χ2n) is 6.23. The van der Waals surface area contributed by atoms with Crippen molar-refractivity contribution in [2.45, 2.75) is 10.9 Å². The average Bonchev–Trinajstić information content (AvgIpc) is 3.11. The number of hydrogen-bond donors (Lipinski definition) is 0. The van der Waals surface area contributed by atoms with Gasteiger partial charge < -0.3 is 4.74 Å². The van der Waals surface area contributed by atoms with E-state index in [-0.39, 0.29) is 4.34 Å². The Morgan fingerprint density at radius 1 is 0.926 bits per heavy atom. The molecule has 0 spiro atoms. The number of nitrogens with zero attached hydrogens (tertiary/aromatic N) is 1. The first-order chi connectivity index (χ1) is 13.0. The van der Waals surface area contributed by atoms with E-state index in [0.717, 1.165) is 15.8 Å². The molecule has 1 aromatic heterocycles. The van der Waals surface area contributed by atoms with E-state index in [2.05, 4.69) is 29.2 Å². The van der Waals surface area contributed by atoms with Crippen molar-refractivity contribution in [1.82, 2.24) is 4.98 Å². The Bertz CT molecular complexity index is 1180. The smallest absolute Gasteiger partial charge is 0.210 e. The Morgan fingerprint density at radius 3 is 2.33 bits per heavy atom. The summed E-state index contributed by atoms with van der Waals surface area (Å²) in [6.45, 7) is 0.434. The summed E-state index contributed by atoms with van der Waals surface area (Å²) < 4.78 is 30.1. The SMILES string of the molecule is CS(=O)(=O)c1nc2cc(OCc3ccc(-c4ccccc4)cc3)ccc2s1. The molecule has 0 atom stereocenters. The van der Waals surface area contributed by atoms with E-state index >= 15 is 0 Å². The van der Waals surface area contributed by atoms with Crippen molar-refractivity contribution in [3.05, 3.63) is 78.4 Å². The zero-order chi connectivity index (χ0) is 18.9. The summed E-state index contributed by atoms with van der Waals surface area (Å²) in [5.41, 5.74) is 4.04. The lowest BCUT2D eigenvalue weighted by Gasteiger charge is -2.07. The monoisotopic (exact) mass is 395 g/mol. The third-order valence-electron chi connectivity index (χ3n) is 4.12. The van der Waals surface area contributed by atoms with E-state index in [4.69, 9.17) is 4.74 Å². The van der Waals surface area contributed by atoms with Crippen LogP contribution in [0.1, 0.15) is 5.56 Å². The van der Waals surface area contributed by atoms with Crippen molar-refractivity contribution in [3.63, 3.8) is 0 Å². The molecule has 0 N–H and O–H groups in total. The Balaban J connectivity index is 1.48. The minimum Gasteiger partial charge on any atom is -0.489 e. The first kappa shape index (κ1) is 17.7. The van der Waals surface area contributed by atoms with Crippen molar-refractivity contribution in [2.24, 2.45) is 0 Å². The highest BCUT2D eigenvalue weighted by Gasteiger charge is 2.14. The fraction of sp³-hybridized carbons (Fsp3) is 0.0952. The van der Waals surface area contributed by atoms with Gasteiger partial charge in [0.25, 0.3) is 0 Å². The maximum absolute atomic E-state index is 11.6. The largest absolute Gasteiger partial charge is 0.489 e. The maximum atomic E-state index is 11.6. The highest BCUT2D eigenvalue weighted by molar-refractivity contribution is 7.92. The number of benzene rings is 3. The van der Waals surface area contributed by atoms with Gasteiger partial charge in [-0.3, -0.25) is 0 Å². The molecule has 4 aromatic rings. The zero-order valence-electron chi connectivity index (χ0n) is 14.6. The van der Waals surface area contributed by atoms with E-state index in [1.165, 1.54) is 23.2 Å². The Kier molecular flexibility index (Phi) is 4.68. The lowest BCUT2D eigenvalue weighted by molar-refractivity contribution is 0.306. The Hall–Kier alpha value is -2.70. The number of fused-ring (bicyclic) bond motifs is 1. The molecule has 0 unspecified atom stereocenters. The van der Waals surface area contributed by atoms with Crippen LogP contribution in [0.2, 0.25) is 0 Å². The molecular formula is C21H17NO3S2. The topological polar surface area (TPSA) is 56.3 Å². The lowest BCUT2D eigenvalue weighted by Crippen LogP contribution is -1.96. The van der Waals surface area contributed by atoms with Gasteiger partial charge in [0.2, 0.25) is 14.2 Å². The molecule has 0 aliphatic heterocycles. The standard InChI is InChI=1S/C21H17NO3S2/c1-27(23,24)21-22-19-13-18(11-12-20(19)26-21)25-14-15-7-9-17(10-8-15)16-5-3-2-4-6-16/h2-13H,14H2,1H3. The van der Waals surface area contributed by atoms with Crippen molar-refractivity contribution >= 4 is 31.4 Å². The molecule has 1 heterocycles. The molecule has 0 amide bonds. The molecule has 3 aromatic carbocycles. The van der Waals surface area contributed by atoms with E-state index in [0.29, 0.717) is 17.9 Å². The Morgan fingerprint density at radius 2 is 1.63 bits per heavy atom. The van der Waals surface area contributed by atoms with Crippen LogP contribution in [0.4, 0.5) is 0 Å². The number of sulfone groups is 1. The molecule has 0 aliphatic carbocycles. The van der Waals surface area contributed by atoms with Gasteiger partial charge in [-0.05, 0) is 28.8 Å². The van der Waals surface area contributed by atoms with Crippen molar-refractivity contribution in [1.29, 1.82) is 0 Å². The number of thiazole rings is 1. The molecule has 0 saturated heterocycles. The van der Waals surface area contributed by atoms with Crippen LogP contribution in [-0.2, 0) is 16.4 Å². The van der Waals surface area contributed by atoms with E-state index in [1.807, 2.05) is 42.5 Å². The Labute approximate surface area is 162 Å². The predicted molar refractivity (Wildman–Crippen MR) is 109 cm³/mol. The molecule has 4 nitrogen and oxygen atoms in total. The third kappa shape index (κ3) is 4.02. The van der Waals surface area contributed by atoms with Gasteiger partial charge in [0.15, 0.2) is 0 Å². The van der Waals surface area contributed by atoms with Gasteiger partial charge in [0, 0.05) is 12.3 Å². The highest BCUT2D eigenvalue weighted by atomic mass is 32.2. The van der Waals surface area contributed by atoms with Crippen LogP contribution in [-0.4, -0.2) is 19.7 Å². The summed E-state index contributed by atoms with van der Waals surface area (Å²) in [7, 11) is -3.29. The molecule has 0 radical (unpaired) electrons. The normalized spacial score (nSPS) is 11.6. The van der Waals surface area contributed by atoms with Crippen LogP contribution in [0.3, 0.4) is 0 Å². The van der Waals surface area contributed by atoms with Crippen LogP contribution in [0.15, 0.2) is 77.1 Å². The van der Waals surface area contributed by atoms with Crippen molar-refractivity contribution in [3.8, 4) is 16.9 Å². The quantitative estimate of drug-likeness (QED) is 0.480. The summed E-state index contributed by atoms with van der Waals surface area (Å²) in [6, 6.07) is 23.9. The van der Waals surface area contributed by atoms with Crippen molar-refractivity contribution < 1.29 is 13.2 Å². The van der Waals surface area contributed by atoms with Crippen LogP contribution in [0, 0.1) is 0 Å². The van der Waals surface area contributed by atoms with Crippen LogP contribution in [0.5, 0.6) is 5.75 Å². The van der Waals surface area contributed by atoms with Gasteiger partial charge in [0.05, 0.1) is 10.2 Å². The molecule has 4 rings (SSSR count). The van der Waals surface area contributed by atoms with Gasteiger partial charge in [-0.25, -0.2) is 13.4 Å².